The molecule has 1 aromatic heterocycles. The van der Waals surface area contributed by atoms with Crippen molar-refractivity contribution in [2.24, 2.45) is 0 Å². The molecule has 0 saturated carbocycles. The summed E-state index contributed by atoms with van der Waals surface area (Å²) in [5.74, 6) is 0. The fourth-order valence-corrected chi connectivity index (χ4v) is 4.23. The Bertz CT molecular complexity index is 867. The van der Waals surface area contributed by atoms with E-state index in [4.69, 9.17) is 0 Å². The predicted molar refractivity (Wildman–Crippen MR) is 114 cm³/mol. The largest absolute Gasteiger partial charge is 0.305 e. The van der Waals surface area contributed by atoms with Gasteiger partial charge in [-0.25, -0.2) is 4.68 Å². The number of hydrogen-bond donors (Lipinski definition) is 0. The molecule has 2 aromatic carbocycles. The smallest absolute Gasteiger partial charge is 0.0649 e. The first-order valence-corrected chi connectivity index (χ1v) is 10.3. The molecule has 0 amide bonds. The molecule has 4 heteroatoms. The third-order valence-corrected chi connectivity index (χ3v) is 5.56. The average molecular weight is 375 g/mol. The second kappa shape index (κ2) is 8.72. The van der Waals surface area contributed by atoms with Gasteiger partial charge in [0, 0.05) is 25.3 Å². The maximum absolute atomic E-state index is 4.57. The lowest BCUT2D eigenvalue weighted by Gasteiger charge is -2.36. The van der Waals surface area contributed by atoms with Gasteiger partial charge in [-0.3, -0.25) is 4.90 Å². The van der Waals surface area contributed by atoms with E-state index < -0.39 is 0 Å². The molecular weight excluding hydrogens is 344 g/mol. The van der Waals surface area contributed by atoms with Crippen LogP contribution in [0.5, 0.6) is 0 Å². The van der Waals surface area contributed by atoms with Gasteiger partial charge in [-0.15, -0.1) is 0 Å². The molecule has 28 heavy (non-hydrogen) atoms. The molecule has 0 aliphatic carbocycles. The van der Waals surface area contributed by atoms with Gasteiger partial charge in [-0.1, -0.05) is 48.9 Å². The van der Waals surface area contributed by atoms with Crippen LogP contribution in [0.4, 0.5) is 0 Å². The SMILES string of the molecule is CN(C)Cc1ccc(C2CCCCN2Cc2ccnn2-c2ccccc2)cc1. The van der Waals surface area contributed by atoms with Crippen molar-refractivity contribution in [1.82, 2.24) is 19.6 Å². The number of rotatable bonds is 6. The molecular formula is C24H30N4. The molecule has 0 bridgehead atoms. The number of likely N-dealkylation sites (tertiary alicyclic amines) is 1. The normalized spacial score (nSPS) is 17.9. The highest BCUT2D eigenvalue weighted by Gasteiger charge is 2.25. The van der Waals surface area contributed by atoms with E-state index in [0.29, 0.717) is 6.04 Å². The van der Waals surface area contributed by atoms with E-state index in [2.05, 4.69) is 88.3 Å². The molecule has 1 aliphatic heterocycles. The topological polar surface area (TPSA) is 24.3 Å². The van der Waals surface area contributed by atoms with Crippen molar-refractivity contribution in [1.29, 1.82) is 0 Å². The lowest BCUT2D eigenvalue weighted by atomic mass is 9.94. The second-order valence-corrected chi connectivity index (χ2v) is 8.03. The highest BCUT2D eigenvalue weighted by molar-refractivity contribution is 5.32. The fraction of sp³-hybridized carbons (Fsp3) is 0.375. The highest BCUT2D eigenvalue weighted by atomic mass is 15.3. The summed E-state index contributed by atoms with van der Waals surface area (Å²) < 4.78 is 2.08. The van der Waals surface area contributed by atoms with Crippen LogP contribution in [-0.4, -0.2) is 40.2 Å². The molecule has 146 valence electrons. The Hall–Kier alpha value is -2.43. The van der Waals surface area contributed by atoms with E-state index in [1.54, 1.807) is 0 Å². The van der Waals surface area contributed by atoms with Gasteiger partial charge in [-0.05, 0) is 62.8 Å². The number of piperidine rings is 1. The Morgan fingerprint density at radius 1 is 0.964 bits per heavy atom. The monoisotopic (exact) mass is 374 g/mol. The Labute approximate surface area is 168 Å². The van der Waals surface area contributed by atoms with Gasteiger partial charge < -0.3 is 4.90 Å². The molecule has 1 unspecified atom stereocenters. The summed E-state index contributed by atoms with van der Waals surface area (Å²) in [6.07, 6.45) is 5.72. The number of para-hydroxylation sites is 1. The summed E-state index contributed by atoms with van der Waals surface area (Å²) >= 11 is 0. The molecule has 0 radical (unpaired) electrons. The van der Waals surface area contributed by atoms with E-state index >= 15 is 0 Å². The van der Waals surface area contributed by atoms with Crippen LogP contribution >= 0.6 is 0 Å². The molecule has 0 spiro atoms. The summed E-state index contributed by atoms with van der Waals surface area (Å²) in [7, 11) is 4.24. The van der Waals surface area contributed by atoms with E-state index in [-0.39, 0.29) is 0 Å². The summed E-state index contributed by atoms with van der Waals surface area (Å²) in [4.78, 5) is 4.84. The number of benzene rings is 2. The van der Waals surface area contributed by atoms with E-state index in [1.165, 1.54) is 36.1 Å². The predicted octanol–water partition coefficient (Wildman–Crippen LogP) is 4.66. The zero-order valence-electron chi connectivity index (χ0n) is 17.0. The van der Waals surface area contributed by atoms with E-state index in [0.717, 1.165) is 25.3 Å². The fourth-order valence-electron chi connectivity index (χ4n) is 4.23. The zero-order valence-corrected chi connectivity index (χ0v) is 17.0. The molecule has 1 saturated heterocycles. The first kappa shape index (κ1) is 18.9. The first-order chi connectivity index (χ1) is 13.7. The van der Waals surface area contributed by atoms with Crippen LogP contribution in [0.1, 0.15) is 42.1 Å². The zero-order chi connectivity index (χ0) is 19.3. The van der Waals surface area contributed by atoms with Gasteiger partial charge in [0.2, 0.25) is 0 Å². The molecule has 3 aromatic rings. The van der Waals surface area contributed by atoms with Crippen LogP contribution < -0.4 is 0 Å². The summed E-state index contributed by atoms with van der Waals surface area (Å²) in [5, 5.41) is 4.57. The van der Waals surface area contributed by atoms with Crippen molar-refractivity contribution in [2.75, 3.05) is 20.6 Å². The van der Waals surface area contributed by atoms with Crippen LogP contribution in [0.25, 0.3) is 5.69 Å². The van der Waals surface area contributed by atoms with E-state index in [1.807, 2.05) is 12.3 Å². The number of nitrogens with zero attached hydrogens (tertiary/aromatic N) is 4. The highest BCUT2D eigenvalue weighted by Crippen LogP contribution is 2.32. The van der Waals surface area contributed by atoms with Crippen LogP contribution in [0.15, 0.2) is 66.9 Å². The minimum absolute atomic E-state index is 0.487. The summed E-state index contributed by atoms with van der Waals surface area (Å²) in [5.41, 5.74) is 5.19. The standard InChI is InChI=1S/C24H30N4/c1-26(2)18-20-11-13-21(14-12-20)24-10-6-7-17-27(24)19-23-15-16-25-28(23)22-8-4-3-5-9-22/h3-5,8-9,11-16,24H,6-7,10,17-19H2,1-2H3. The molecule has 1 fully saturated rings. The van der Waals surface area contributed by atoms with Crippen molar-refractivity contribution in [3.05, 3.63) is 83.7 Å². The van der Waals surface area contributed by atoms with Gasteiger partial charge in [0.1, 0.15) is 0 Å². The minimum Gasteiger partial charge on any atom is -0.305 e. The second-order valence-electron chi connectivity index (χ2n) is 8.03. The van der Waals surface area contributed by atoms with Crippen molar-refractivity contribution < 1.29 is 0 Å². The molecule has 0 N–H and O–H groups in total. The number of aromatic nitrogens is 2. The quantitative estimate of drug-likeness (QED) is 0.627. The summed E-state index contributed by atoms with van der Waals surface area (Å²) in [6.45, 7) is 3.06. The molecule has 1 aliphatic rings. The minimum atomic E-state index is 0.487. The van der Waals surface area contributed by atoms with Crippen LogP contribution in [0.3, 0.4) is 0 Å². The van der Waals surface area contributed by atoms with Crippen LogP contribution in [0, 0.1) is 0 Å². The Balaban J connectivity index is 1.53. The van der Waals surface area contributed by atoms with Crippen molar-refractivity contribution in [3.63, 3.8) is 0 Å². The molecule has 2 heterocycles. The third kappa shape index (κ3) is 4.34. The summed E-state index contributed by atoms with van der Waals surface area (Å²) in [6, 6.07) is 22.3. The first-order valence-electron chi connectivity index (χ1n) is 10.3. The van der Waals surface area contributed by atoms with Gasteiger partial charge in [0.25, 0.3) is 0 Å². The lowest BCUT2D eigenvalue weighted by molar-refractivity contribution is 0.137. The van der Waals surface area contributed by atoms with Crippen LogP contribution in [-0.2, 0) is 13.1 Å². The van der Waals surface area contributed by atoms with Crippen molar-refractivity contribution in [3.8, 4) is 5.69 Å². The molecule has 4 rings (SSSR count). The Morgan fingerprint density at radius 3 is 2.50 bits per heavy atom. The van der Waals surface area contributed by atoms with Gasteiger partial charge in [0.05, 0.1) is 11.4 Å². The van der Waals surface area contributed by atoms with Gasteiger partial charge in [-0.2, -0.15) is 5.10 Å². The Morgan fingerprint density at radius 2 is 1.75 bits per heavy atom. The molecule has 4 nitrogen and oxygen atoms in total. The number of hydrogen-bond acceptors (Lipinski definition) is 3. The third-order valence-electron chi connectivity index (χ3n) is 5.56. The van der Waals surface area contributed by atoms with Crippen LogP contribution in [0.2, 0.25) is 0 Å². The maximum atomic E-state index is 4.57. The van der Waals surface area contributed by atoms with E-state index in [9.17, 15) is 0 Å². The maximum Gasteiger partial charge on any atom is 0.0649 e. The van der Waals surface area contributed by atoms with Gasteiger partial charge in [0.15, 0.2) is 0 Å². The van der Waals surface area contributed by atoms with Crippen molar-refractivity contribution >= 4 is 0 Å². The van der Waals surface area contributed by atoms with Crippen molar-refractivity contribution in [2.45, 2.75) is 38.4 Å². The van der Waals surface area contributed by atoms with Gasteiger partial charge >= 0.3 is 0 Å². The average Bonchev–Trinajstić information content (AvgIpc) is 3.17. The molecule has 1 atom stereocenters. The lowest BCUT2D eigenvalue weighted by Crippen LogP contribution is -2.33. The Kier molecular flexibility index (Phi) is 5.89.